The Morgan fingerprint density at radius 1 is 1.15 bits per heavy atom. The number of fused-ring (bicyclic) bond motifs is 1. The zero-order valence-corrected chi connectivity index (χ0v) is 16.4. The molecule has 1 heterocycles. The Morgan fingerprint density at radius 3 is 2.35 bits per heavy atom. The van der Waals surface area contributed by atoms with Crippen molar-refractivity contribution in [1.29, 1.82) is 0 Å². The molecule has 144 valence electrons. The van der Waals surface area contributed by atoms with E-state index in [0.717, 1.165) is 4.31 Å². The number of hydrogen-bond donors (Lipinski definition) is 1. The highest BCUT2D eigenvalue weighted by molar-refractivity contribution is 7.97. The van der Waals surface area contributed by atoms with E-state index in [0.29, 0.717) is 47.9 Å². The number of methoxy groups -OCH3 is 3. The van der Waals surface area contributed by atoms with Gasteiger partial charge in [-0.1, -0.05) is 0 Å². The first-order valence-corrected chi connectivity index (χ1v) is 9.46. The molecule has 26 heavy (non-hydrogen) atoms. The van der Waals surface area contributed by atoms with Gasteiger partial charge in [-0.25, -0.2) is 8.42 Å². The maximum Gasteiger partial charge on any atom is 0.269 e. The molecule has 0 bridgehead atoms. The molecule has 0 fully saturated rings. The van der Waals surface area contributed by atoms with Gasteiger partial charge in [0.15, 0.2) is 16.4 Å². The van der Waals surface area contributed by atoms with Gasteiger partial charge in [-0.3, -0.25) is 9.10 Å². The summed E-state index contributed by atoms with van der Waals surface area (Å²) in [5.74, 6) is 0.234. The van der Waals surface area contributed by atoms with E-state index in [4.69, 9.17) is 14.2 Å². The zero-order valence-electron chi connectivity index (χ0n) is 15.6. The number of nitrogens with one attached hydrogen (secondary N) is 1. The van der Waals surface area contributed by atoms with Crippen molar-refractivity contribution in [1.82, 2.24) is 5.32 Å². The lowest BCUT2D eigenvalue weighted by molar-refractivity contribution is -0.116. The van der Waals surface area contributed by atoms with Crippen LogP contribution in [0.2, 0.25) is 0 Å². The molecule has 0 atom stereocenters. The van der Waals surface area contributed by atoms with Crippen LogP contribution in [0.25, 0.3) is 5.57 Å². The Labute approximate surface area is 153 Å². The van der Waals surface area contributed by atoms with Gasteiger partial charge in [0.2, 0.25) is 0 Å². The quantitative estimate of drug-likeness (QED) is 0.714. The molecule has 1 aliphatic heterocycles. The van der Waals surface area contributed by atoms with Crippen molar-refractivity contribution >= 4 is 27.2 Å². The number of carbonyl (C=O) groups is 1. The standard InChI is InChI=1S/C17H24N2O6S/c1-11-12-9-14(24-4)15(25-5)10-13(12)19(2)26(21,22)16(11)17(20)18-7-6-8-23-3/h9-10H,6-8H2,1-5H3,(H,18,20). The van der Waals surface area contributed by atoms with Crippen LogP contribution in [-0.4, -0.2) is 55.9 Å². The molecule has 0 unspecified atom stereocenters. The van der Waals surface area contributed by atoms with Crippen molar-refractivity contribution < 1.29 is 27.4 Å². The average molecular weight is 384 g/mol. The molecule has 0 saturated carbocycles. The third-order valence-corrected chi connectivity index (χ3v) is 6.15. The van der Waals surface area contributed by atoms with E-state index >= 15 is 0 Å². The van der Waals surface area contributed by atoms with Crippen molar-refractivity contribution in [2.45, 2.75) is 13.3 Å². The molecule has 1 aliphatic rings. The highest BCUT2D eigenvalue weighted by Gasteiger charge is 2.38. The summed E-state index contributed by atoms with van der Waals surface area (Å²) < 4.78 is 42.3. The van der Waals surface area contributed by atoms with Gasteiger partial charge in [0.1, 0.15) is 0 Å². The van der Waals surface area contributed by atoms with Crippen LogP contribution >= 0.6 is 0 Å². The molecule has 2 rings (SSSR count). The van der Waals surface area contributed by atoms with Gasteiger partial charge in [0.05, 0.1) is 19.9 Å². The van der Waals surface area contributed by atoms with E-state index in [-0.39, 0.29) is 4.91 Å². The van der Waals surface area contributed by atoms with E-state index in [1.165, 1.54) is 21.3 Å². The molecule has 0 spiro atoms. The SMILES string of the molecule is COCCCNC(=O)C1=C(C)c2cc(OC)c(OC)cc2N(C)S1(=O)=O. The average Bonchev–Trinajstić information content (AvgIpc) is 2.62. The maximum absolute atomic E-state index is 12.9. The first-order valence-electron chi connectivity index (χ1n) is 8.02. The number of allylic oxidation sites excluding steroid dienone is 1. The second-order valence-corrected chi connectivity index (χ2v) is 7.66. The van der Waals surface area contributed by atoms with Crippen molar-refractivity contribution in [3.05, 3.63) is 22.6 Å². The van der Waals surface area contributed by atoms with Crippen LogP contribution < -0.4 is 19.1 Å². The number of rotatable bonds is 7. The number of amides is 1. The second-order valence-electron chi connectivity index (χ2n) is 5.75. The van der Waals surface area contributed by atoms with Crippen LogP contribution in [-0.2, 0) is 19.6 Å². The molecular formula is C17H24N2O6S. The highest BCUT2D eigenvalue weighted by Crippen LogP contribution is 2.44. The van der Waals surface area contributed by atoms with Gasteiger partial charge in [0, 0.05) is 38.9 Å². The van der Waals surface area contributed by atoms with Gasteiger partial charge in [-0.05, 0) is 25.0 Å². The van der Waals surface area contributed by atoms with E-state index in [1.807, 2.05) is 0 Å². The van der Waals surface area contributed by atoms with Crippen LogP contribution in [0.4, 0.5) is 5.69 Å². The lowest BCUT2D eigenvalue weighted by Gasteiger charge is -2.30. The fourth-order valence-corrected chi connectivity index (χ4v) is 4.28. The van der Waals surface area contributed by atoms with Crippen LogP contribution in [0.5, 0.6) is 11.5 Å². The highest BCUT2D eigenvalue weighted by atomic mass is 32.2. The number of nitrogens with zero attached hydrogens (tertiary/aromatic N) is 1. The van der Waals surface area contributed by atoms with Gasteiger partial charge < -0.3 is 19.5 Å². The van der Waals surface area contributed by atoms with Gasteiger partial charge >= 0.3 is 0 Å². The molecule has 1 aromatic carbocycles. The van der Waals surface area contributed by atoms with Crippen molar-refractivity contribution in [3.63, 3.8) is 0 Å². The fraction of sp³-hybridized carbons (Fsp3) is 0.471. The summed E-state index contributed by atoms with van der Waals surface area (Å²) in [4.78, 5) is 12.3. The number of benzene rings is 1. The molecule has 9 heteroatoms. The normalized spacial score (nSPS) is 15.5. The summed E-state index contributed by atoms with van der Waals surface area (Å²) in [5.41, 5.74) is 1.39. The monoisotopic (exact) mass is 384 g/mol. The minimum absolute atomic E-state index is 0.267. The Hall–Kier alpha value is -2.26. The maximum atomic E-state index is 12.9. The Kier molecular flexibility index (Phi) is 6.14. The van der Waals surface area contributed by atoms with E-state index in [9.17, 15) is 13.2 Å². The molecule has 1 N–H and O–H groups in total. The molecular weight excluding hydrogens is 360 g/mol. The summed E-state index contributed by atoms with van der Waals surface area (Å²) in [6.07, 6.45) is 0.589. The summed E-state index contributed by atoms with van der Waals surface area (Å²) in [6, 6.07) is 3.26. The third-order valence-electron chi connectivity index (χ3n) is 4.22. The Balaban J connectivity index is 2.53. The number of ether oxygens (including phenoxy) is 3. The lowest BCUT2D eigenvalue weighted by Crippen LogP contribution is -2.39. The van der Waals surface area contributed by atoms with E-state index in [2.05, 4.69) is 5.32 Å². The van der Waals surface area contributed by atoms with Crippen LogP contribution in [0.3, 0.4) is 0 Å². The minimum Gasteiger partial charge on any atom is -0.493 e. The minimum atomic E-state index is -3.98. The predicted molar refractivity (Wildman–Crippen MR) is 99.0 cm³/mol. The zero-order chi connectivity index (χ0) is 19.5. The smallest absolute Gasteiger partial charge is 0.269 e. The number of sulfonamides is 1. The van der Waals surface area contributed by atoms with E-state index in [1.54, 1.807) is 26.2 Å². The lowest BCUT2D eigenvalue weighted by atomic mass is 10.0. The fourth-order valence-electron chi connectivity index (χ4n) is 2.80. The van der Waals surface area contributed by atoms with Crippen LogP contribution in [0.15, 0.2) is 17.0 Å². The molecule has 8 nitrogen and oxygen atoms in total. The summed E-state index contributed by atoms with van der Waals surface area (Å²) in [6.45, 7) is 2.41. The number of carbonyl (C=O) groups excluding carboxylic acids is 1. The van der Waals surface area contributed by atoms with Crippen LogP contribution in [0.1, 0.15) is 18.9 Å². The van der Waals surface area contributed by atoms with Gasteiger partial charge in [0.25, 0.3) is 15.9 Å². The largest absolute Gasteiger partial charge is 0.493 e. The van der Waals surface area contributed by atoms with Gasteiger partial charge in [-0.15, -0.1) is 0 Å². The molecule has 1 amide bonds. The first-order chi connectivity index (χ1) is 12.3. The Morgan fingerprint density at radius 2 is 1.77 bits per heavy atom. The molecule has 0 aliphatic carbocycles. The van der Waals surface area contributed by atoms with Crippen molar-refractivity contribution in [3.8, 4) is 11.5 Å². The van der Waals surface area contributed by atoms with Crippen molar-refractivity contribution in [2.24, 2.45) is 0 Å². The van der Waals surface area contributed by atoms with E-state index < -0.39 is 15.9 Å². The van der Waals surface area contributed by atoms with Crippen LogP contribution in [0, 0.1) is 0 Å². The second kappa shape index (κ2) is 7.96. The summed E-state index contributed by atoms with van der Waals surface area (Å²) in [7, 11) is 1.96. The Bertz CT molecular complexity index is 832. The first kappa shape index (κ1) is 20.1. The van der Waals surface area contributed by atoms with Gasteiger partial charge in [-0.2, -0.15) is 0 Å². The topological polar surface area (TPSA) is 94.2 Å². The van der Waals surface area contributed by atoms with Crippen molar-refractivity contribution in [2.75, 3.05) is 45.8 Å². The molecule has 0 aromatic heterocycles. The number of hydrogen-bond acceptors (Lipinski definition) is 6. The third kappa shape index (κ3) is 3.49. The summed E-state index contributed by atoms with van der Waals surface area (Å²) in [5, 5.41) is 2.64. The molecule has 0 saturated heterocycles. The predicted octanol–water partition coefficient (Wildman–Crippen LogP) is 1.37. The molecule has 1 aromatic rings. The summed E-state index contributed by atoms with van der Waals surface area (Å²) >= 11 is 0. The molecule has 0 radical (unpaired) electrons. The number of anilines is 1.